The van der Waals surface area contributed by atoms with Crippen LogP contribution in [0.3, 0.4) is 0 Å². The van der Waals surface area contributed by atoms with Gasteiger partial charge in [-0.3, -0.25) is 9.59 Å². The minimum absolute atomic E-state index is 0.207. The van der Waals surface area contributed by atoms with Crippen molar-refractivity contribution in [1.82, 2.24) is 5.32 Å². The van der Waals surface area contributed by atoms with Crippen LogP contribution in [0.25, 0.3) is 11.0 Å². The first kappa shape index (κ1) is 19.5. The van der Waals surface area contributed by atoms with Crippen molar-refractivity contribution < 1.29 is 23.5 Å². The predicted molar refractivity (Wildman–Crippen MR) is 105 cm³/mol. The lowest BCUT2D eigenvalue weighted by atomic mass is 10.1. The molecule has 0 bridgehead atoms. The van der Waals surface area contributed by atoms with Crippen molar-refractivity contribution in [3.8, 4) is 5.75 Å². The molecule has 1 aromatic heterocycles. The van der Waals surface area contributed by atoms with Gasteiger partial charge in [0.25, 0.3) is 5.91 Å². The SMILES string of the molecule is COc1ccc(CCC(=O)OCC(=O)N[C@@H](C)c2cc3ccccc3o2)cc1. The summed E-state index contributed by atoms with van der Waals surface area (Å²) >= 11 is 0. The Bertz CT molecular complexity index is 912. The minimum Gasteiger partial charge on any atom is -0.497 e. The van der Waals surface area contributed by atoms with E-state index in [4.69, 9.17) is 13.9 Å². The molecule has 0 aliphatic rings. The third-order valence-electron chi connectivity index (χ3n) is 4.39. The molecular formula is C22H23NO5. The highest BCUT2D eigenvalue weighted by Gasteiger charge is 2.15. The first-order chi connectivity index (χ1) is 13.5. The zero-order chi connectivity index (χ0) is 19.9. The van der Waals surface area contributed by atoms with Gasteiger partial charge >= 0.3 is 5.97 Å². The van der Waals surface area contributed by atoms with Crippen LogP contribution in [-0.4, -0.2) is 25.6 Å². The summed E-state index contributed by atoms with van der Waals surface area (Å²) < 4.78 is 15.9. The quantitative estimate of drug-likeness (QED) is 0.601. The second kappa shape index (κ2) is 9.08. The Labute approximate surface area is 163 Å². The van der Waals surface area contributed by atoms with Crippen LogP contribution in [0.5, 0.6) is 5.75 Å². The van der Waals surface area contributed by atoms with Gasteiger partial charge < -0.3 is 19.2 Å². The van der Waals surface area contributed by atoms with Gasteiger partial charge in [0, 0.05) is 11.8 Å². The van der Waals surface area contributed by atoms with Crippen molar-refractivity contribution in [2.75, 3.05) is 13.7 Å². The van der Waals surface area contributed by atoms with Crippen LogP contribution in [0.15, 0.2) is 59.0 Å². The molecule has 1 heterocycles. The van der Waals surface area contributed by atoms with Gasteiger partial charge in [0.15, 0.2) is 6.61 Å². The number of para-hydroxylation sites is 1. The maximum absolute atomic E-state index is 12.0. The van der Waals surface area contributed by atoms with Crippen molar-refractivity contribution >= 4 is 22.8 Å². The Hall–Kier alpha value is -3.28. The molecule has 0 saturated heterocycles. The number of carbonyl (C=O) groups is 2. The van der Waals surface area contributed by atoms with Gasteiger partial charge in [-0.1, -0.05) is 30.3 Å². The maximum atomic E-state index is 12.0. The number of esters is 1. The van der Waals surface area contributed by atoms with Crippen LogP contribution in [0, 0.1) is 0 Å². The summed E-state index contributed by atoms with van der Waals surface area (Å²) in [5, 5.41) is 3.75. The third kappa shape index (κ3) is 5.13. The molecule has 2 aromatic carbocycles. The standard InChI is InChI=1S/C22H23NO5/c1-15(20-13-17-5-3-4-6-19(17)28-20)23-21(24)14-27-22(25)12-9-16-7-10-18(26-2)11-8-16/h3-8,10-11,13,15H,9,12,14H2,1-2H3,(H,23,24)/t15-/m0/s1. The molecule has 6 nitrogen and oxygen atoms in total. The highest BCUT2D eigenvalue weighted by Crippen LogP contribution is 2.23. The van der Waals surface area contributed by atoms with E-state index in [1.54, 1.807) is 7.11 Å². The first-order valence-electron chi connectivity index (χ1n) is 9.11. The molecule has 0 aliphatic carbocycles. The molecule has 3 aromatic rings. The van der Waals surface area contributed by atoms with E-state index in [0.29, 0.717) is 12.2 Å². The van der Waals surface area contributed by atoms with E-state index in [2.05, 4.69) is 5.32 Å². The van der Waals surface area contributed by atoms with E-state index >= 15 is 0 Å². The summed E-state index contributed by atoms with van der Waals surface area (Å²) in [6, 6.07) is 16.7. The second-order valence-electron chi connectivity index (χ2n) is 6.48. The number of furan rings is 1. The number of ether oxygens (including phenoxy) is 2. The highest BCUT2D eigenvalue weighted by atomic mass is 16.5. The number of amides is 1. The molecule has 3 rings (SSSR count). The van der Waals surface area contributed by atoms with Crippen LogP contribution in [0.2, 0.25) is 0 Å². The Morgan fingerprint density at radius 1 is 1.11 bits per heavy atom. The summed E-state index contributed by atoms with van der Waals surface area (Å²) in [4.78, 5) is 23.9. The molecule has 1 atom stereocenters. The van der Waals surface area contributed by atoms with Crippen LogP contribution in [0.1, 0.15) is 30.7 Å². The van der Waals surface area contributed by atoms with Crippen LogP contribution in [-0.2, 0) is 20.7 Å². The summed E-state index contributed by atoms with van der Waals surface area (Å²) in [7, 11) is 1.60. The summed E-state index contributed by atoms with van der Waals surface area (Å²) in [6.07, 6.45) is 0.749. The van der Waals surface area contributed by atoms with Gasteiger partial charge in [-0.2, -0.15) is 0 Å². The van der Waals surface area contributed by atoms with Gasteiger partial charge in [-0.05, 0) is 43.2 Å². The van der Waals surface area contributed by atoms with Crippen molar-refractivity contribution in [1.29, 1.82) is 0 Å². The van der Waals surface area contributed by atoms with E-state index in [9.17, 15) is 9.59 Å². The zero-order valence-electron chi connectivity index (χ0n) is 15.9. The predicted octanol–water partition coefficient (Wildman–Crippen LogP) is 3.79. The highest BCUT2D eigenvalue weighted by molar-refractivity contribution is 5.81. The van der Waals surface area contributed by atoms with Gasteiger partial charge in [0.05, 0.1) is 13.2 Å². The fourth-order valence-electron chi connectivity index (χ4n) is 2.83. The van der Waals surface area contributed by atoms with Crippen molar-refractivity contribution in [3.63, 3.8) is 0 Å². The lowest BCUT2D eigenvalue weighted by Crippen LogP contribution is -2.31. The Kier molecular flexibility index (Phi) is 6.32. The lowest BCUT2D eigenvalue weighted by molar-refractivity contribution is -0.148. The molecule has 6 heteroatoms. The summed E-state index contributed by atoms with van der Waals surface area (Å²) in [5.41, 5.74) is 1.77. The number of carbonyl (C=O) groups excluding carboxylic acids is 2. The molecule has 0 fully saturated rings. The number of methoxy groups -OCH3 is 1. The number of aryl methyl sites for hydroxylation is 1. The Morgan fingerprint density at radius 2 is 1.86 bits per heavy atom. The number of nitrogens with one attached hydrogen (secondary N) is 1. The van der Waals surface area contributed by atoms with Crippen molar-refractivity contribution in [2.45, 2.75) is 25.8 Å². The van der Waals surface area contributed by atoms with Crippen LogP contribution in [0.4, 0.5) is 0 Å². The minimum atomic E-state index is -0.414. The topological polar surface area (TPSA) is 77.8 Å². The lowest BCUT2D eigenvalue weighted by Gasteiger charge is -2.11. The van der Waals surface area contributed by atoms with Crippen LogP contribution >= 0.6 is 0 Å². The molecule has 0 unspecified atom stereocenters. The number of benzene rings is 2. The van der Waals surface area contributed by atoms with Gasteiger partial charge in [-0.25, -0.2) is 0 Å². The summed E-state index contributed by atoms with van der Waals surface area (Å²) in [6.45, 7) is 1.51. The summed E-state index contributed by atoms with van der Waals surface area (Å²) in [5.74, 6) is 0.634. The van der Waals surface area contributed by atoms with E-state index in [-0.39, 0.29) is 25.0 Å². The van der Waals surface area contributed by atoms with Gasteiger partial charge in [0.2, 0.25) is 0 Å². The number of hydrogen-bond acceptors (Lipinski definition) is 5. The first-order valence-corrected chi connectivity index (χ1v) is 9.11. The zero-order valence-corrected chi connectivity index (χ0v) is 15.9. The third-order valence-corrected chi connectivity index (χ3v) is 4.39. The number of hydrogen-bond donors (Lipinski definition) is 1. The van der Waals surface area contributed by atoms with Gasteiger partial charge in [-0.15, -0.1) is 0 Å². The average Bonchev–Trinajstić information content (AvgIpc) is 3.15. The number of fused-ring (bicyclic) bond motifs is 1. The van der Waals surface area contributed by atoms with E-state index in [1.165, 1.54) is 0 Å². The molecule has 1 amide bonds. The largest absolute Gasteiger partial charge is 0.497 e. The maximum Gasteiger partial charge on any atom is 0.306 e. The molecule has 0 saturated carbocycles. The molecule has 146 valence electrons. The smallest absolute Gasteiger partial charge is 0.306 e. The normalized spacial score (nSPS) is 11.8. The molecule has 0 spiro atoms. The molecule has 1 N–H and O–H groups in total. The van der Waals surface area contributed by atoms with Gasteiger partial charge in [0.1, 0.15) is 17.1 Å². The molecular weight excluding hydrogens is 358 g/mol. The molecule has 28 heavy (non-hydrogen) atoms. The van der Waals surface area contributed by atoms with E-state index < -0.39 is 5.97 Å². The number of rotatable bonds is 8. The van der Waals surface area contributed by atoms with E-state index in [0.717, 1.165) is 22.3 Å². The monoisotopic (exact) mass is 381 g/mol. The average molecular weight is 381 g/mol. The Balaban J connectivity index is 1.42. The fourth-order valence-corrected chi connectivity index (χ4v) is 2.83. The van der Waals surface area contributed by atoms with Crippen molar-refractivity contribution in [2.24, 2.45) is 0 Å². The molecule has 0 radical (unpaired) electrons. The Morgan fingerprint density at radius 3 is 2.57 bits per heavy atom. The van der Waals surface area contributed by atoms with E-state index in [1.807, 2.05) is 61.5 Å². The fraction of sp³-hybridized carbons (Fsp3) is 0.273. The second-order valence-corrected chi connectivity index (χ2v) is 6.48. The van der Waals surface area contributed by atoms with Crippen molar-refractivity contribution in [3.05, 3.63) is 65.9 Å². The molecule has 0 aliphatic heterocycles. The van der Waals surface area contributed by atoms with Crippen LogP contribution < -0.4 is 10.1 Å².